The number of halogens is 4. The lowest BCUT2D eigenvalue weighted by molar-refractivity contribution is -0.141. The van der Waals surface area contributed by atoms with E-state index >= 15 is 0 Å². The maximum absolute atomic E-state index is 13.1. The highest BCUT2D eigenvalue weighted by molar-refractivity contribution is 5.90. The third-order valence-electron chi connectivity index (χ3n) is 3.35. The standard InChI is InChI=1S/C13H12F4N2O3/c14-10-2-1-8(5-9(10)13(15,16)17)18-12(22)19-4-3-7(6-19)11(20)21/h1-2,5,7H,3-4,6H2,(H,18,22)(H,20,21). The van der Waals surface area contributed by atoms with E-state index in [0.29, 0.717) is 12.1 Å². The second-order valence-corrected chi connectivity index (χ2v) is 4.89. The van der Waals surface area contributed by atoms with E-state index in [4.69, 9.17) is 5.11 Å². The molecule has 2 rings (SSSR count). The van der Waals surface area contributed by atoms with Gasteiger partial charge in [-0.05, 0) is 24.6 Å². The highest BCUT2D eigenvalue weighted by atomic mass is 19.4. The van der Waals surface area contributed by atoms with Crippen LogP contribution in [0.5, 0.6) is 0 Å². The normalized spacial score (nSPS) is 18.4. The number of carbonyl (C=O) groups is 2. The van der Waals surface area contributed by atoms with Crippen LogP contribution in [0.15, 0.2) is 18.2 Å². The molecule has 5 nitrogen and oxygen atoms in total. The van der Waals surface area contributed by atoms with Crippen LogP contribution in [0.4, 0.5) is 28.0 Å². The molecular weight excluding hydrogens is 308 g/mol. The summed E-state index contributed by atoms with van der Waals surface area (Å²) < 4.78 is 50.9. The van der Waals surface area contributed by atoms with Crippen LogP contribution in [0, 0.1) is 11.7 Å². The van der Waals surface area contributed by atoms with Gasteiger partial charge in [-0.25, -0.2) is 9.18 Å². The molecule has 1 atom stereocenters. The summed E-state index contributed by atoms with van der Waals surface area (Å²) in [5.74, 6) is -3.15. The van der Waals surface area contributed by atoms with E-state index in [-0.39, 0.29) is 25.2 Å². The van der Waals surface area contributed by atoms with E-state index in [1.807, 2.05) is 0 Å². The van der Waals surface area contributed by atoms with E-state index in [1.165, 1.54) is 4.90 Å². The van der Waals surface area contributed by atoms with E-state index < -0.39 is 35.5 Å². The second-order valence-electron chi connectivity index (χ2n) is 4.89. The van der Waals surface area contributed by atoms with Gasteiger partial charge in [0.05, 0.1) is 11.5 Å². The zero-order chi connectivity index (χ0) is 16.5. The van der Waals surface area contributed by atoms with Gasteiger partial charge in [0.25, 0.3) is 0 Å². The predicted molar refractivity (Wildman–Crippen MR) is 67.7 cm³/mol. The number of nitrogens with zero attached hydrogens (tertiary/aromatic N) is 1. The molecule has 2 amide bonds. The van der Waals surface area contributed by atoms with E-state index in [2.05, 4.69) is 5.32 Å². The fourth-order valence-corrected chi connectivity index (χ4v) is 2.17. The van der Waals surface area contributed by atoms with E-state index in [9.17, 15) is 27.2 Å². The molecule has 2 N–H and O–H groups in total. The molecule has 1 aliphatic rings. The fourth-order valence-electron chi connectivity index (χ4n) is 2.17. The molecule has 0 bridgehead atoms. The Labute approximate surface area is 122 Å². The smallest absolute Gasteiger partial charge is 0.419 e. The van der Waals surface area contributed by atoms with Crippen molar-refractivity contribution in [3.05, 3.63) is 29.6 Å². The van der Waals surface area contributed by atoms with Crippen LogP contribution in [0.1, 0.15) is 12.0 Å². The number of benzene rings is 1. The Hall–Kier alpha value is -2.32. The molecule has 1 aliphatic heterocycles. The lowest BCUT2D eigenvalue weighted by Crippen LogP contribution is -2.33. The van der Waals surface area contributed by atoms with Gasteiger partial charge in [0, 0.05) is 18.8 Å². The van der Waals surface area contributed by atoms with E-state index in [1.54, 1.807) is 0 Å². The van der Waals surface area contributed by atoms with Gasteiger partial charge in [0.15, 0.2) is 0 Å². The van der Waals surface area contributed by atoms with Crippen molar-refractivity contribution in [2.45, 2.75) is 12.6 Å². The Balaban J connectivity index is 2.08. The average molecular weight is 320 g/mol. The molecule has 1 heterocycles. The quantitative estimate of drug-likeness (QED) is 0.823. The molecule has 0 saturated carbocycles. The minimum absolute atomic E-state index is 0.0194. The summed E-state index contributed by atoms with van der Waals surface area (Å²) in [7, 11) is 0. The van der Waals surface area contributed by atoms with Crippen molar-refractivity contribution < 1.29 is 32.3 Å². The monoisotopic (exact) mass is 320 g/mol. The topological polar surface area (TPSA) is 69.6 Å². The van der Waals surface area contributed by atoms with Crippen molar-refractivity contribution in [2.75, 3.05) is 18.4 Å². The highest BCUT2D eigenvalue weighted by Crippen LogP contribution is 2.33. The van der Waals surface area contributed by atoms with Crippen molar-refractivity contribution >= 4 is 17.7 Å². The Morgan fingerprint density at radius 3 is 2.55 bits per heavy atom. The number of carboxylic acids is 1. The van der Waals surface area contributed by atoms with Crippen molar-refractivity contribution in [1.82, 2.24) is 4.90 Å². The fraction of sp³-hybridized carbons (Fsp3) is 0.385. The second kappa shape index (κ2) is 5.82. The summed E-state index contributed by atoms with van der Waals surface area (Å²) in [5.41, 5.74) is -1.69. The van der Waals surface area contributed by atoms with Gasteiger partial charge in [-0.3, -0.25) is 4.79 Å². The number of hydrogen-bond acceptors (Lipinski definition) is 2. The minimum atomic E-state index is -4.87. The SMILES string of the molecule is O=C(O)C1CCN(C(=O)Nc2ccc(F)c(C(F)(F)F)c2)C1. The van der Waals surface area contributed by atoms with Crippen LogP contribution in [-0.2, 0) is 11.0 Å². The first kappa shape index (κ1) is 16.1. The van der Waals surface area contributed by atoms with E-state index in [0.717, 1.165) is 6.07 Å². The molecule has 0 aromatic heterocycles. The van der Waals surface area contributed by atoms with Gasteiger partial charge in [-0.15, -0.1) is 0 Å². The first-order valence-corrected chi connectivity index (χ1v) is 6.34. The van der Waals surface area contributed by atoms with Crippen LogP contribution in [-0.4, -0.2) is 35.1 Å². The van der Waals surface area contributed by atoms with Gasteiger partial charge in [0.1, 0.15) is 5.82 Å². The maximum Gasteiger partial charge on any atom is 0.419 e. The number of carboxylic acid groups (broad SMARTS) is 1. The van der Waals surface area contributed by atoms with Gasteiger partial charge in [-0.1, -0.05) is 0 Å². The highest BCUT2D eigenvalue weighted by Gasteiger charge is 2.35. The Bertz CT molecular complexity index is 603. The summed E-state index contributed by atoms with van der Waals surface area (Å²) >= 11 is 0. The zero-order valence-corrected chi connectivity index (χ0v) is 11.2. The lowest BCUT2D eigenvalue weighted by Gasteiger charge is -2.17. The Morgan fingerprint density at radius 1 is 1.32 bits per heavy atom. The number of aliphatic carboxylic acids is 1. The van der Waals surface area contributed by atoms with Gasteiger partial charge in [0.2, 0.25) is 0 Å². The molecule has 120 valence electrons. The average Bonchev–Trinajstić information content (AvgIpc) is 2.89. The van der Waals surface area contributed by atoms with Crippen LogP contribution in [0.2, 0.25) is 0 Å². The number of amides is 2. The molecule has 1 aromatic rings. The molecule has 1 saturated heterocycles. The first-order chi connectivity index (χ1) is 10.2. The number of urea groups is 1. The lowest BCUT2D eigenvalue weighted by atomic mass is 10.1. The number of hydrogen-bond donors (Lipinski definition) is 2. The summed E-state index contributed by atoms with van der Waals surface area (Å²) in [5, 5.41) is 11.0. The molecule has 22 heavy (non-hydrogen) atoms. The molecule has 0 spiro atoms. The number of anilines is 1. The number of carbonyl (C=O) groups excluding carboxylic acids is 1. The Morgan fingerprint density at radius 2 is 2.00 bits per heavy atom. The molecular formula is C13H12F4N2O3. The van der Waals surface area contributed by atoms with Crippen LogP contribution in [0.25, 0.3) is 0 Å². The molecule has 9 heteroatoms. The van der Waals surface area contributed by atoms with Gasteiger partial charge >= 0.3 is 18.2 Å². The molecule has 1 aromatic carbocycles. The number of likely N-dealkylation sites (tertiary alicyclic amines) is 1. The summed E-state index contributed by atoms with van der Waals surface area (Å²) in [6.07, 6.45) is -4.59. The van der Waals surface area contributed by atoms with Gasteiger partial charge in [-0.2, -0.15) is 13.2 Å². The molecule has 0 aliphatic carbocycles. The largest absolute Gasteiger partial charge is 0.481 e. The van der Waals surface area contributed by atoms with Crippen LogP contribution in [0.3, 0.4) is 0 Å². The van der Waals surface area contributed by atoms with Crippen LogP contribution < -0.4 is 5.32 Å². The molecule has 1 fully saturated rings. The van der Waals surface area contributed by atoms with Crippen molar-refractivity contribution in [3.63, 3.8) is 0 Å². The summed E-state index contributed by atoms with van der Waals surface area (Å²) in [6.45, 7) is 0.171. The molecule has 0 radical (unpaired) electrons. The summed E-state index contributed by atoms with van der Waals surface area (Å²) in [6, 6.07) is 1.40. The van der Waals surface area contributed by atoms with Crippen molar-refractivity contribution in [2.24, 2.45) is 5.92 Å². The number of nitrogens with one attached hydrogen (secondary N) is 1. The third kappa shape index (κ3) is 3.46. The Kier molecular flexibility index (Phi) is 4.25. The van der Waals surface area contributed by atoms with Crippen LogP contribution >= 0.6 is 0 Å². The minimum Gasteiger partial charge on any atom is -0.481 e. The molecule has 1 unspecified atom stereocenters. The predicted octanol–water partition coefficient (Wildman–Crippen LogP) is 2.78. The third-order valence-corrected chi connectivity index (χ3v) is 3.35. The first-order valence-electron chi connectivity index (χ1n) is 6.34. The zero-order valence-electron chi connectivity index (χ0n) is 11.2. The maximum atomic E-state index is 13.1. The number of alkyl halides is 3. The van der Waals surface area contributed by atoms with Crippen molar-refractivity contribution in [3.8, 4) is 0 Å². The van der Waals surface area contributed by atoms with Crippen molar-refractivity contribution in [1.29, 1.82) is 0 Å². The van der Waals surface area contributed by atoms with Gasteiger partial charge < -0.3 is 15.3 Å². The summed E-state index contributed by atoms with van der Waals surface area (Å²) in [4.78, 5) is 23.9. The number of rotatable bonds is 2.